The number of amides is 2. The van der Waals surface area contributed by atoms with E-state index in [0.717, 1.165) is 50.5 Å². The van der Waals surface area contributed by atoms with Crippen molar-refractivity contribution >= 4 is 11.7 Å². The number of nitrogens with zero attached hydrogens (tertiary/aromatic N) is 1. The second-order valence-electron chi connectivity index (χ2n) is 5.51. The highest BCUT2D eigenvalue weighted by molar-refractivity contribution is 5.90. The number of hydrogen-bond acceptors (Lipinski definition) is 3. The predicted molar refractivity (Wildman–Crippen MR) is 84.8 cm³/mol. The summed E-state index contributed by atoms with van der Waals surface area (Å²) in [4.78, 5) is 14.2. The summed E-state index contributed by atoms with van der Waals surface area (Å²) in [7, 11) is 0. The number of hydrogen-bond donors (Lipinski definition) is 2. The van der Waals surface area contributed by atoms with E-state index >= 15 is 0 Å². The summed E-state index contributed by atoms with van der Waals surface area (Å²) in [5.74, 6) is 0. The maximum atomic E-state index is 11.8. The van der Waals surface area contributed by atoms with Gasteiger partial charge in [0.25, 0.3) is 0 Å². The molecule has 21 heavy (non-hydrogen) atoms. The van der Waals surface area contributed by atoms with E-state index in [0.29, 0.717) is 6.54 Å². The summed E-state index contributed by atoms with van der Waals surface area (Å²) in [5.41, 5.74) is 3.15. The van der Waals surface area contributed by atoms with Crippen molar-refractivity contribution in [3.8, 4) is 0 Å². The highest BCUT2D eigenvalue weighted by Crippen LogP contribution is 2.15. The van der Waals surface area contributed by atoms with Crippen LogP contribution in [0.15, 0.2) is 18.2 Å². The van der Waals surface area contributed by atoms with Gasteiger partial charge in [0.1, 0.15) is 0 Å². The Balaban J connectivity index is 1.65. The standard InChI is InChI=1S/C16H25N3O2/c1-13-4-5-15(14(2)12-13)18-16(20)17-6-3-7-19-8-10-21-11-9-19/h4-5,12H,3,6-11H2,1-2H3,(H2,17,18,20). The maximum absolute atomic E-state index is 11.8. The third-order valence-electron chi connectivity index (χ3n) is 3.67. The molecule has 0 atom stereocenters. The molecule has 5 heteroatoms. The lowest BCUT2D eigenvalue weighted by Gasteiger charge is -2.26. The summed E-state index contributed by atoms with van der Waals surface area (Å²) >= 11 is 0. The summed E-state index contributed by atoms with van der Waals surface area (Å²) in [6, 6.07) is 5.87. The van der Waals surface area contributed by atoms with Crippen molar-refractivity contribution in [2.24, 2.45) is 0 Å². The van der Waals surface area contributed by atoms with Crippen molar-refractivity contribution in [2.45, 2.75) is 20.3 Å². The fourth-order valence-electron chi connectivity index (χ4n) is 2.45. The van der Waals surface area contributed by atoms with E-state index < -0.39 is 0 Å². The number of rotatable bonds is 5. The van der Waals surface area contributed by atoms with Gasteiger partial charge in [0.05, 0.1) is 13.2 Å². The zero-order valence-electron chi connectivity index (χ0n) is 12.9. The van der Waals surface area contributed by atoms with Gasteiger partial charge in [0.15, 0.2) is 0 Å². The molecule has 0 bridgehead atoms. The topological polar surface area (TPSA) is 53.6 Å². The molecular weight excluding hydrogens is 266 g/mol. The minimum absolute atomic E-state index is 0.135. The van der Waals surface area contributed by atoms with E-state index in [1.54, 1.807) is 0 Å². The first kappa shape index (κ1) is 15.8. The highest BCUT2D eigenvalue weighted by Gasteiger charge is 2.09. The number of morpholine rings is 1. The largest absolute Gasteiger partial charge is 0.379 e. The Hall–Kier alpha value is -1.59. The average Bonchev–Trinajstić information content (AvgIpc) is 2.48. The number of carbonyl (C=O) groups is 1. The van der Waals surface area contributed by atoms with Crippen LogP contribution in [0.1, 0.15) is 17.5 Å². The van der Waals surface area contributed by atoms with Crippen molar-refractivity contribution in [3.05, 3.63) is 29.3 Å². The Morgan fingerprint density at radius 3 is 2.76 bits per heavy atom. The molecule has 2 rings (SSSR count). The predicted octanol–water partition coefficient (Wildman–Crippen LogP) is 2.15. The third-order valence-corrected chi connectivity index (χ3v) is 3.67. The molecule has 2 amide bonds. The van der Waals surface area contributed by atoms with E-state index in [1.165, 1.54) is 5.56 Å². The molecule has 0 radical (unpaired) electrons. The van der Waals surface area contributed by atoms with E-state index in [-0.39, 0.29) is 6.03 Å². The van der Waals surface area contributed by atoms with E-state index in [1.807, 2.05) is 26.0 Å². The van der Waals surface area contributed by atoms with Gasteiger partial charge in [-0.05, 0) is 38.4 Å². The number of aryl methyl sites for hydroxylation is 2. The van der Waals surface area contributed by atoms with Gasteiger partial charge in [-0.2, -0.15) is 0 Å². The van der Waals surface area contributed by atoms with E-state index in [9.17, 15) is 4.79 Å². The molecule has 1 aromatic rings. The van der Waals surface area contributed by atoms with Gasteiger partial charge in [-0.1, -0.05) is 17.7 Å². The van der Waals surface area contributed by atoms with Crippen LogP contribution in [0.5, 0.6) is 0 Å². The van der Waals surface area contributed by atoms with Crippen LogP contribution in [-0.4, -0.2) is 50.3 Å². The minimum Gasteiger partial charge on any atom is -0.379 e. The Labute approximate surface area is 126 Å². The van der Waals surface area contributed by atoms with Gasteiger partial charge in [-0.15, -0.1) is 0 Å². The first-order valence-corrected chi connectivity index (χ1v) is 7.57. The van der Waals surface area contributed by atoms with Gasteiger partial charge in [-0.3, -0.25) is 4.90 Å². The van der Waals surface area contributed by atoms with Crippen LogP contribution in [0.4, 0.5) is 10.5 Å². The lowest BCUT2D eigenvalue weighted by atomic mass is 10.1. The van der Waals surface area contributed by atoms with Crippen LogP contribution in [0.2, 0.25) is 0 Å². The molecule has 1 aliphatic rings. The number of urea groups is 1. The van der Waals surface area contributed by atoms with Crippen molar-refractivity contribution in [2.75, 3.05) is 44.7 Å². The molecule has 0 aliphatic carbocycles. The molecule has 116 valence electrons. The molecule has 0 unspecified atom stereocenters. The molecule has 1 aliphatic heterocycles. The summed E-state index contributed by atoms with van der Waals surface area (Å²) in [5, 5.41) is 5.80. The second-order valence-corrected chi connectivity index (χ2v) is 5.51. The number of anilines is 1. The van der Waals surface area contributed by atoms with E-state index in [2.05, 4.69) is 21.6 Å². The molecule has 1 heterocycles. The average molecular weight is 291 g/mol. The van der Waals surface area contributed by atoms with Gasteiger partial charge < -0.3 is 15.4 Å². The van der Waals surface area contributed by atoms with Crippen LogP contribution in [-0.2, 0) is 4.74 Å². The molecule has 0 spiro atoms. The van der Waals surface area contributed by atoms with Crippen LogP contribution >= 0.6 is 0 Å². The monoisotopic (exact) mass is 291 g/mol. The Bertz CT molecular complexity index is 471. The molecule has 2 N–H and O–H groups in total. The smallest absolute Gasteiger partial charge is 0.319 e. The van der Waals surface area contributed by atoms with Gasteiger partial charge in [0.2, 0.25) is 0 Å². The van der Waals surface area contributed by atoms with Crippen LogP contribution < -0.4 is 10.6 Å². The third kappa shape index (κ3) is 5.36. The normalized spacial score (nSPS) is 15.7. The number of benzene rings is 1. The van der Waals surface area contributed by atoms with Gasteiger partial charge >= 0.3 is 6.03 Å². The lowest BCUT2D eigenvalue weighted by molar-refractivity contribution is 0.0375. The zero-order valence-corrected chi connectivity index (χ0v) is 12.9. The molecular formula is C16H25N3O2. The van der Waals surface area contributed by atoms with Crippen LogP contribution in [0, 0.1) is 13.8 Å². The SMILES string of the molecule is Cc1ccc(NC(=O)NCCCN2CCOCC2)c(C)c1. The fraction of sp³-hybridized carbons (Fsp3) is 0.562. The molecule has 0 saturated carbocycles. The van der Waals surface area contributed by atoms with Crippen LogP contribution in [0.25, 0.3) is 0 Å². The quantitative estimate of drug-likeness (QED) is 0.817. The summed E-state index contributed by atoms with van der Waals surface area (Å²) < 4.78 is 5.31. The van der Waals surface area contributed by atoms with Crippen molar-refractivity contribution in [3.63, 3.8) is 0 Å². The van der Waals surface area contributed by atoms with Crippen molar-refractivity contribution in [1.29, 1.82) is 0 Å². The number of ether oxygens (including phenoxy) is 1. The van der Waals surface area contributed by atoms with E-state index in [4.69, 9.17) is 4.74 Å². The molecule has 1 fully saturated rings. The number of nitrogens with one attached hydrogen (secondary N) is 2. The van der Waals surface area contributed by atoms with Crippen molar-refractivity contribution < 1.29 is 9.53 Å². The minimum atomic E-state index is -0.135. The van der Waals surface area contributed by atoms with Gasteiger partial charge in [0, 0.05) is 25.3 Å². The Morgan fingerprint density at radius 1 is 1.29 bits per heavy atom. The fourth-order valence-corrected chi connectivity index (χ4v) is 2.45. The zero-order chi connectivity index (χ0) is 15.1. The molecule has 1 aromatic carbocycles. The molecule has 0 aromatic heterocycles. The lowest BCUT2D eigenvalue weighted by Crippen LogP contribution is -2.38. The Morgan fingerprint density at radius 2 is 2.05 bits per heavy atom. The van der Waals surface area contributed by atoms with Crippen molar-refractivity contribution in [1.82, 2.24) is 10.2 Å². The first-order chi connectivity index (χ1) is 10.1. The summed E-state index contributed by atoms with van der Waals surface area (Å²) in [6.45, 7) is 9.37. The molecule has 5 nitrogen and oxygen atoms in total. The second kappa shape index (κ2) is 8.00. The first-order valence-electron chi connectivity index (χ1n) is 7.57. The Kier molecular flexibility index (Phi) is 6.02. The summed E-state index contributed by atoms with van der Waals surface area (Å²) in [6.07, 6.45) is 0.959. The maximum Gasteiger partial charge on any atom is 0.319 e. The number of carbonyl (C=O) groups excluding carboxylic acids is 1. The van der Waals surface area contributed by atoms with Gasteiger partial charge in [-0.25, -0.2) is 4.79 Å². The van der Waals surface area contributed by atoms with Crippen LogP contribution in [0.3, 0.4) is 0 Å². The highest BCUT2D eigenvalue weighted by atomic mass is 16.5. The molecule has 1 saturated heterocycles.